The van der Waals surface area contributed by atoms with Crippen molar-refractivity contribution in [3.63, 3.8) is 0 Å². The predicted octanol–water partition coefficient (Wildman–Crippen LogP) is 3.06. The molecule has 0 bridgehead atoms. The van der Waals surface area contributed by atoms with E-state index < -0.39 is 0 Å². The number of amides is 1. The summed E-state index contributed by atoms with van der Waals surface area (Å²) < 4.78 is 13.5. The van der Waals surface area contributed by atoms with Crippen LogP contribution >= 0.6 is 0 Å². The first-order chi connectivity index (χ1) is 13.7. The minimum Gasteiger partial charge on any atom is -0.486 e. The minimum absolute atomic E-state index is 0.140. The summed E-state index contributed by atoms with van der Waals surface area (Å²) in [5.74, 6) is 1.30. The van der Waals surface area contributed by atoms with Gasteiger partial charge in [0.2, 0.25) is 0 Å². The van der Waals surface area contributed by atoms with Crippen molar-refractivity contribution in [2.45, 2.75) is 26.0 Å². The van der Waals surface area contributed by atoms with E-state index in [1.54, 1.807) is 6.20 Å². The Morgan fingerprint density at radius 1 is 1.14 bits per heavy atom. The molecule has 2 heterocycles. The van der Waals surface area contributed by atoms with Crippen LogP contribution in [0.1, 0.15) is 28.5 Å². The molecule has 1 aromatic heterocycles. The average Bonchev–Trinajstić information content (AvgIpc) is 3.15. The molecule has 6 heteroatoms. The third-order valence-electron chi connectivity index (χ3n) is 4.76. The van der Waals surface area contributed by atoms with Crippen LogP contribution in [-0.2, 0) is 13.0 Å². The molecule has 3 aromatic rings. The molecule has 1 unspecified atom stereocenters. The molecule has 0 saturated heterocycles. The molecule has 144 valence electrons. The molecule has 1 aliphatic heterocycles. The van der Waals surface area contributed by atoms with Crippen molar-refractivity contribution in [3.05, 3.63) is 77.6 Å². The maximum atomic E-state index is 12.7. The normalized spacial score (nSPS) is 15.2. The molecular formula is C22H23N3O3. The number of carbonyl (C=O) groups excluding carboxylic acids is 1. The molecule has 4 rings (SSSR count). The highest BCUT2D eigenvalue weighted by atomic mass is 16.6. The van der Waals surface area contributed by atoms with Crippen molar-refractivity contribution < 1.29 is 14.3 Å². The topological polar surface area (TPSA) is 65.4 Å². The number of nitrogens with zero attached hydrogens (tertiary/aromatic N) is 2. The van der Waals surface area contributed by atoms with Crippen LogP contribution in [-0.4, -0.2) is 34.9 Å². The van der Waals surface area contributed by atoms with Crippen LogP contribution in [0, 0.1) is 0 Å². The predicted molar refractivity (Wildman–Crippen MR) is 106 cm³/mol. The van der Waals surface area contributed by atoms with Crippen LogP contribution in [0.2, 0.25) is 0 Å². The van der Waals surface area contributed by atoms with Gasteiger partial charge in [0.25, 0.3) is 5.91 Å². The zero-order valence-electron chi connectivity index (χ0n) is 15.8. The van der Waals surface area contributed by atoms with E-state index >= 15 is 0 Å². The fourth-order valence-electron chi connectivity index (χ4n) is 3.33. The Labute approximate surface area is 164 Å². The summed E-state index contributed by atoms with van der Waals surface area (Å²) in [4.78, 5) is 12.7. The lowest BCUT2D eigenvalue weighted by atomic mass is 10.1. The number of hydrogen-bond acceptors (Lipinski definition) is 4. The highest BCUT2D eigenvalue weighted by Crippen LogP contribution is 2.30. The number of rotatable bonds is 6. The Kier molecular flexibility index (Phi) is 5.28. The number of carbonyl (C=O) groups is 1. The second kappa shape index (κ2) is 8.17. The van der Waals surface area contributed by atoms with E-state index in [0.29, 0.717) is 31.0 Å². The third kappa shape index (κ3) is 3.86. The quantitative estimate of drug-likeness (QED) is 0.717. The van der Waals surface area contributed by atoms with E-state index in [4.69, 9.17) is 9.47 Å². The number of nitrogens with one attached hydrogen (secondary N) is 1. The third-order valence-corrected chi connectivity index (χ3v) is 4.76. The van der Waals surface area contributed by atoms with Gasteiger partial charge < -0.3 is 14.8 Å². The second-order valence-corrected chi connectivity index (χ2v) is 6.71. The summed E-state index contributed by atoms with van der Waals surface area (Å²) in [6.07, 6.45) is 2.15. The Balaban J connectivity index is 1.40. The first-order valence-electron chi connectivity index (χ1n) is 9.50. The van der Waals surface area contributed by atoms with Gasteiger partial charge in [-0.1, -0.05) is 49.4 Å². The maximum absolute atomic E-state index is 12.7. The number of benzene rings is 2. The summed E-state index contributed by atoms with van der Waals surface area (Å²) in [7, 11) is 0. The Morgan fingerprint density at radius 3 is 2.68 bits per heavy atom. The number of aromatic nitrogens is 2. The molecule has 2 aromatic carbocycles. The molecule has 1 amide bonds. The molecule has 0 aliphatic carbocycles. The summed E-state index contributed by atoms with van der Waals surface area (Å²) in [6, 6.07) is 17.6. The smallest absolute Gasteiger partial charge is 0.254 e. The molecule has 6 nitrogen and oxygen atoms in total. The van der Waals surface area contributed by atoms with Crippen molar-refractivity contribution in [3.8, 4) is 11.5 Å². The lowest BCUT2D eigenvalue weighted by molar-refractivity contribution is 0.0788. The monoisotopic (exact) mass is 377 g/mol. The van der Waals surface area contributed by atoms with Gasteiger partial charge in [0.15, 0.2) is 11.5 Å². The molecule has 0 spiro atoms. The minimum atomic E-state index is -0.219. The van der Waals surface area contributed by atoms with Gasteiger partial charge in [-0.3, -0.25) is 9.48 Å². The zero-order chi connectivity index (χ0) is 19.3. The van der Waals surface area contributed by atoms with Crippen LogP contribution in [0.4, 0.5) is 0 Å². The molecule has 28 heavy (non-hydrogen) atoms. The molecule has 1 atom stereocenters. The summed E-state index contributed by atoms with van der Waals surface area (Å²) in [5.41, 5.74) is 2.68. The van der Waals surface area contributed by atoms with Crippen molar-refractivity contribution in [2.24, 2.45) is 0 Å². The van der Waals surface area contributed by atoms with Gasteiger partial charge in [0, 0.05) is 0 Å². The standard InChI is InChI=1S/C22H23N3O3/c1-2-19-18(13-24-25(19)14-16-8-4-3-5-9-16)22(26)23-12-17-15-27-20-10-6-7-11-21(20)28-17/h3-11,13,17H,2,12,14-15H2,1H3,(H,23,26). The first kappa shape index (κ1) is 18.1. The summed E-state index contributed by atoms with van der Waals surface area (Å²) >= 11 is 0. The highest BCUT2D eigenvalue weighted by Gasteiger charge is 2.22. The van der Waals surface area contributed by atoms with E-state index in [-0.39, 0.29) is 12.0 Å². The van der Waals surface area contributed by atoms with Crippen molar-refractivity contribution in [1.82, 2.24) is 15.1 Å². The first-order valence-corrected chi connectivity index (χ1v) is 9.50. The van der Waals surface area contributed by atoms with E-state index in [1.165, 1.54) is 0 Å². The SMILES string of the molecule is CCc1c(C(=O)NCC2COc3ccccc3O2)cnn1Cc1ccccc1. The molecule has 1 aliphatic rings. The van der Waals surface area contributed by atoms with Crippen LogP contribution in [0.25, 0.3) is 0 Å². The van der Waals surface area contributed by atoms with E-state index in [1.807, 2.05) is 54.1 Å². The van der Waals surface area contributed by atoms with Crippen molar-refractivity contribution in [2.75, 3.05) is 13.2 Å². The van der Waals surface area contributed by atoms with Gasteiger partial charge in [0.05, 0.1) is 30.5 Å². The van der Waals surface area contributed by atoms with Crippen molar-refractivity contribution in [1.29, 1.82) is 0 Å². The fourth-order valence-corrected chi connectivity index (χ4v) is 3.33. The fraction of sp³-hybridized carbons (Fsp3) is 0.273. The maximum Gasteiger partial charge on any atom is 0.254 e. The van der Waals surface area contributed by atoms with Gasteiger partial charge in [-0.05, 0) is 24.1 Å². The molecule has 0 saturated carbocycles. The highest BCUT2D eigenvalue weighted by molar-refractivity contribution is 5.95. The van der Waals surface area contributed by atoms with Gasteiger partial charge in [-0.25, -0.2) is 0 Å². The zero-order valence-corrected chi connectivity index (χ0v) is 15.8. The largest absolute Gasteiger partial charge is 0.486 e. The Hall–Kier alpha value is -3.28. The number of ether oxygens (including phenoxy) is 2. The number of hydrogen-bond donors (Lipinski definition) is 1. The molecule has 0 fully saturated rings. The van der Waals surface area contributed by atoms with Crippen molar-refractivity contribution >= 4 is 5.91 Å². The summed E-state index contributed by atoms with van der Waals surface area (Å²) in [5, 5.41) is 7.38. The van der Waals surface area contributed by atoms with Crippen LogP contribution in [0.5, 0.6) is 11.5 Å². The second-order valence-electron chi connectivity index (χ2n) is 6.71. The Bertz CT molecular complexity index is 953. The van der Waals surface area contributed by atoms with Gasteiger partial charge in [-0.15, -0.1) is 0 Å². The van der Waals surface area contributed by atoms with Gasteiger partial charge in [-0.2, -0.15) is 5.10 Å². The van der Waals surface area contributed by atoms with E-state index in [0.717, 1.165) is 23.4 Å². The van der Waals surface area contributed by atoms with Gasteiger partial charge >= 0.3 is 0 Å². The van der Waals surface area contributed by atoms with Crippen LogP contribution in [0.3, 0.4) is 0 Å². The lowest BCUT2D eigenvalue weighted by Gasteiger charge is -2.26. The van der Waals surface area contributed by atoms with Crippen LogP contribution in [0.15, 0.2) is 60.8 Å². The summed E-state index contributed by atoms with van der Waals surface area (Å²) in [6.45, 7) is 3.46. The molecule has 1 N–H and O–H groups in total. The molecule has 0 radical (unpaired) electrons. The lowest BCUT2D eigenvalue weighted by Crippen LogP contribution is -2.40. The number of para-hydroxylation sites is 2. The average molecular weight is 377 g/mol. The van der Waals surface area contributed by atoms with E-state index in [9.17, 15) is 4.79 Å². The van der Waals surface area contributed by atoms with Crippen LogP contribution < -0.4 is 14.8 Å². The Morgan fingerprint density at radius 2 is 1.89 bits per heavy atom. The van der Waals surface area contributed by atoms with Gasteiger partial charge in [0.1, 0.15) is 12.7 Å². The van der Waals surface area contributed by atoms with E-state index in [2.05, 4.69) is 22.5 Å². The molecular weight excluding hydrogens is 354 g/mol. The number of fused-ring (bicyclic) bond motifs is 1.